The fraction of sp³-hybridized carbons (Fsp3) is 0.800. The van der Waals surface area contributed by atoms with Crippen LogP contribution < -0.4 is 0 Å². The maximum Gasteiger partial charge on any atom is 0.146 e. The summed E-state index contributed by atoms with van der Waals surface area (Å²) in [6.45, 7) is 0. The number of alkyl halides is 2. The molecule has 0 amide bonds. The molecule has 3 heteroatoms. The van der Waals surface area contributed by atoms with Gasteiger partial charge in [-0.3, -0.25) is 4.79 Å². The Labute approximate surface area is 75.9 Å². The van der Waals surface area contributed by atoms with Crippen molar-refractivity contribution in [2.45, 2.75) is 20.7 Å². The maximum absolute atomic E-state index is 10.8. The van der Waals surface area contributed by atoms with Crippen molar-refractivity contribution in [3.05, 3.63) is 0 Å². The van der Waals surface area contributed by atoms with Crippen molar-refractivity contribution in [1.82, 2.24) is 0 Å². The van der Waals surface area contributed by atoms with Gasteiger partial charge in [-0.15, -0.1) is 0 Å². The highest BCUT2D eigenvalue weighted by Gasteiger charge is 2.29. The molecule has 0 saturated heterocycles. The highest BCUT2D eigenvalue weighted by Crippen LogP contribution is 2.28. The molecule has 0 N–H and O–H groups in total. The number of hydrogen-bond donors (Lipinski definition) is 0. The van der Waals surface area contributed by atoms with E-state index >= 15 is 0 Å². The molecule has 0 aliphatic heterocycles. The van der Waals surface area contributed by atoms with Crippen LogP contribution in [0.3, 0.4) is 0 Å². The summed E-state index contributed by atoms with van der Waals surface area (Å²) < 4.78 is 0.897. The van der Waals surface area contributed by atoms with E-state index in [2.05, 4.69) is 45.2 Å². The van der Waals surface area contributed by atoms with Crippen LogP contribution in [0.2, 0.25) is 0 Å². The molecule has 2 atom stereocenters. The van der Waals surface area contributed by atoms with Gasteiger partial charge in [-0.25, -0.2) is 0 Å². The van der Waals surface area contributed by atoms with Crippen LogP contribution in [0.15, 0.2) is 0 Å². The van der Waals surface area contributed by atoms with E-state index in [1.165, 1.54) is 0 Å². The van der Waals surface area contributed by atoms with Crippen molar-refractivity contribution in [2.24, 2.45) is 0 Å². The number of carbonyl (C=O) groups excluding carboxylic acids is 1. The standard InChI is InChI=1S/C5H6I2O/c6-3-1-2-4(8)5(3)7/h3,5H,1-2H2/t3-,5?/m1/s1. The Balaban J connectivity index is 2.56. The van der Waals surface area contributed by atoms with Crippen LogP contribution in [-0.4, -0.2) is 13.6 Å². The smallest absolute Gasteiger partial charge is 0.146 e. The molecule has 46 valence electrons. The average molecular weight is 336 g/mol. The molecule has 0 aromatic heterocycles. The van der Waals surface area contributed by atoms with Crippen LogP contribution in [0, 0.1) is 0 Å². The van der Waals surface area contributed by atoms with E-state index in [1.54, 1.807) is 0 Å². The van der Waals surface area contributed by atoms with Gasteiger partial charge < -0.3 is 0 Å². The molecular weight excluding hydrogens is 330 g/mol. The van der Waals surface area contributed by atoms with Crippen LogP contribution >= 0.6 is 45.2 Å². The zero-order valence-electron chi connectivity index (χ0n) is 4.23. The first-order valence-electron chi connectivity index (χ1n) is 2.52. The minimum absolute atomic E-state index is 0.299. The van der Waals surface area contributed by atoms with Crippen LogP contribution in [-0.2, 0) is 4.79 Å². The van der Waals surface area contributed by atoms with E-state index in [0.717, 1.165) is 12.8 Å². The fourth-order valence-electron chi connectivity index (χ4n) is 0.766. The normalized spacial score (nSPS) is 38.5. The van der Waals surface area contributed by atoms with Gasteiger partial charge in [0.25, 0.3) is 0 Å². The topological polar surface area (TPSA) is 17.1 Å². The largest absolute Gasteiger partial charge is 0.298 e. The minimum atomic E-state index is 0.299. The summed E-state index contributed by atoms with van der Waals surface area (Å²) in [5.74, 6) is 0.435. The number of Topliss-reactive ketones (excluding diaryl/α,β-unsaturated/α-hetero) is 1. The van der Waals surface area contributed by atoms with Crippen molar-refractivity contribution in [3.8, 4) is 0 Å². The molecule has 1 nitrogen and oxygen atoms in total. The lowest BCUT2D eigenvalue weighted by molar-refractivity contribution is -0.116. The molecule has 1 aliphatic carbocycles. The molecule has 0 radical (unpaired) electrons. The third-order valence-corrected chi connectivity index (χ3v) is 5.57. The van der Waals surface area contributed by atoms with Crippen molar-refractivity contribution < 1.29 is 4.79 Å². The van der Waals surface area contributed by atoms with E-state index in [1.807, 2.05) is 0 Å². The van der Waals surface area contributed by atoms with Crippen molar-refractivity contribution in [2.75, 3.05) is 0 Å². The number of ketones is 1. The Bertz CT molecular complexity index is 113. The second-order valence-corrected chi connectivity index (χ2v) is 4.86. The van der Waals surface area contributed by atoms with Crippen LogP contribution in [0.5, 0.6) is 0 Å². The molecule has 8 heavy (non-hydrogen) atoms. The Morgan fingerprint density at radius 2 is 2.12 bits per heavy atom. The Hall–Kier alpha value is 1.13. The number of rotatable bonds is 0. The van der Waals surface area contributed by atoms with Crippen LogP contribution in [0.25, 0.3) is 0 Å². The molecule has 1 fully saturated rings. The molecule has 0 heterocycles. The quantitative estimate of drug-likeness (QED) is 0.488. The highest BCUT2D eigenvalue weighted by atomic mass is 127. The summed E-state index contributed by atoms with van der Waals surface area (Å²) in [4.78, 5) is 10.8. The summed E-state index contributed by atoms with van der Waals surface area (Å²) in [5.41, 5.74) is 0. The van der Waals surface area contributed by atoms with Crippen molar-refractivity contribution in [1.29, 1.82) is 0 Å². The van der Waals surface area contributed by atoms with Gasteiger partial charge in [-0.05, 0) is 6.42 Å². The summed E-state index contributed by atoms with van der Waals surface area (Å²) in [7, 11) is 0. The lowest BCUT2D eigenvalue weighted by Gasteiger charge is -1.99. The van der Waals surface area contributed by atoms with Gasteiger partial charge in [0, 0.05) is 10.3 Å². The van der Waals surface area contributed by atoms with Gasteiger partial charge in [0.05, 0.1) is 3.92 Å². The van der Waals surface area contributed by atoms with E-state index < -0.39 is 0 Å². The molecule has 1 unspecified atom stereocenters. The second-order valence-electron chi connectivity index (χ2n) is 1.92. The summed E-state index contributed by atoms with van der Waals surface area (Å²) in [6.07, 6.45) is 1.90. The van der Waals surface area contributed by atoms with E-state index in [-0.39, 0.29) is 0 Å². The first-order valence-corrected chi connectivity index (χ1v) is 5.02. The van der Waals surface area contributed by atoms with Gasteiger partial charge in [-0.2, -0.15) is 0 Å². The molecule has 0 spiro atoms. The van der Waals surface area contributed by atoms with Crippen LogP contribution in [0.1, 0.15) is 12.8 Å². The number of hydrogen-bond acceptors (Lipinski definition) is 1. The SMILES string of the molecule is O=C1CC[C@@H](I)C1I. The Morgan fingerprint density at radius 1 is 1.50 bits per heavy atom. The third-order valence-electron chi connectivity index (χ3n) is 1.29. The molecule has 1 aliphatic rings. The van der Waals surface area contributed by atoms with Crippen molar-refractivity contribution in [3.63, 3.8) is 0 Å². The predicted octanol–water partition coefficient (Wildman–Crippen LogP) is 1.96. The molecule has 0 aromatic rings. The van der Waals surface area contributed by atoms with E-state index in [0.29, 0.717) is 13.6 Å². The summed E-state index contributed by atoms with van der Waals surface area (Å²) in [6, 6.07) is 0. The van der Waals surface area contributed by atoms with Gasteiger partial charge in [-0.1, -0.05) is 45.2 Å². The fourth-order valence-corrected chi connectivity index (χ4v) is 2.15. The molecule has 0 bridgehead atoms. The van der Waals surface area contributed by atoms with Gasteiger partial charge >= 0.3 is 0 Å². The van der Waals surface area contributed by atoms with Gasteiger partial charge in [0.2, 0.25) is 0 Å². The minimum Gasteiger partial charge on any atom is -0.298 e. The zero-order chi connectivity index (χ0) is 6.15. The Morgan fingerprint density at radius 3 is 2.25 bits per heavy atom. The average Bonchev–Trinajstić information content (AvgIpc) is 1.98. The third kappa shape index (κ3) is 1.34. The number of halogens is 2. The molecular formula is C5H6I2O. The van der Waals surface area contributed by atoms with E-state index in [4.69, 9.17) is 0 Å². The van der Waals surface area contributed by atoms with Gasteiger partial charge in [0.1, 0.15) is 5.78 Å². The number of carbonyl (C=O) groups is 1. The lowest BCUT2D eigenvalue weighted by atomic mass is 10.4. The maximum atomic E-state index is 10.8. The monoisotopic (exact) mass is 336 g/mol. The van der Waals surface area contributed by atoms with Gasteiger partial charge in [0.15, 0.2) is 0 Å². The first kappa shape index (κ1) is 7.24. The molecule has 1 saturated carbocycles. The summed E-state index contributed by atoms with van der Waals surface area (Å²) in [5, 5.41) is 0. The predicted molar refractivity (Wildman–Crippen MR) is 49.9 cm³/mol. The zero-order valence-corrected chi connectivity index (χ0v) is 8.55. The summed E-state index contributed by atoms with van der Waals surface area (Å²) >= 11 is 4.57. The lowest BCUT2D eigenvalue weighted by Crippen LogP contribution is -2.11. The van der Waals surface area contributed by atoms with Crippen LogP contribution in [0.4, 0.5) is 0 Å². The highest BCUT2D eigenvalue weighted by molar-refractivity contribution is 14.1. The molecule has 1 rings (SSSR count). The first-order chi connectivity index (χ1) is 3.72. The second kappa shape index (κ2) is 2.81. The Kier molecular flexibility index (Phi) is 2.54. The molecule has 0 aromatic carbocycles. The van der Waals surface area contributed by atoms with E-state index in [9.17, 15) is 4.79 Å². The van der Waals surface area contributed by atoms with Crippen molar-refractivity contribution >= 4 is 51.0 Å².